The maximum absolute atomic E-state index is 12.3. The van der Waals surface area contributed by atoms with Gasteiger partial charge in [0, 0.05) is 24.0 Å². The fourth-order valence-electron chi connectivity index (χ4n) is 3.37. The molecule has 1 saturated heterocycles. The molecule has 0 unspecified atom stereocenters. The molecule has 1 aromatic heterocycles. The summed E-state index contributed by atoms with van der Waals surface area (Å²) in [5, 5.41) is 3.55. The van der Waals surface area contributed by atoms with Gasteiger partial charge in [-0.05, 0) is 31.4 Å². The van der Waals surface area contributed by atoms with Gasteiger partial charge in [0.25, 0.3) is 0 Å². The fourth-order valence-corrected chi connectivity index (χ4v) is 3.37. The van der Waals surface area contributed by atoms with Crippen LogP contribution in [-0.2, 0) is 4.74 Å². The average Bonchev–Trinajstić information content (AvgIpc) is 2.75. The summed E-state index contributed by atoms with van der Waals surface area (Å²) in [6, 6.07) is 19.2. The molecular formula is C22H21N3O3. The molecule has 0 bridgehead atoms. The second-order valence-electron chi connectivity index (χ2n) is 6.77. The molecule has 2 aromatic carbocycles. The zero-order valence-corrected chi connectivity index (χ0v) is 15.4. The molecule has 0 atom stereocenters. The van der Waals surface area contributed by atoms with Gasteiger partial charge in [0.2, 0.25) is 0 Å². The highest BCUT2D eigenvalue weighted by atomic mass is 16.6. The quantitative estimate of drug-likeness (QED) is 0.636. The minimum atomic E-state index is -0.796. The van der Waals surface area contributed by atoms with Gasteiger partial charge in [-0.15, -0.1) is 0 Å². The van der Waals surface area contributed by atoms with E-state index >= 15 is 0 Å². The highest BCUT2D eigenvalue weighted by Crippen LogP contribution is 2.26. The van der Waals surface area contributed by atoms with E-state index in [1.54, 1.807) is 11.0 Å². The van der Waals surface area contributed by atoms with Crippen LogP contribution in [0.25, 0.3) is 22.2 Å². The minimum Gasteiger partial charge on any atom is -0.359 e. The van der Waals surface area contributed by atoms with Crippen LogP contribution in [0.5, 0.6) is 0 Å². The summed E-state index contributed by atoms with van der Waals surface area (Å²) in [6.45, 7) is 1.25. The molecule has 1 aliphatic rings. The number of aromatic nitrogens is 1. The lowest BCUT2D eigenvalue weighted by atomic mass is 10.1. The number of ether oxygens (including phenoxy) is 1. The Bertz CT molecular complexity index is 998. The molecule has 0 aliphatic carbocycles. The Morgan fingerprint density at radius 2 is 1.68 bits per heavy atom. The van der Waals surface area contributed by atoms with Crippen LogP contribution < -0.4 is 5.32 Å². The molecule has 1 N–H and O–H groups in total. The number of carbonyl (C=O) groups excluding carboxylic acids is 2. The Balaban J connectivity index is 1.54. The van der Waals surface area contributed by atoms with Crippen molar-refractivity contribution in [3.05, 3.63) is 60.7 Å². The number of nitrogens with zero attached hydrogens (tertiary/aromatic N) is 2. The molecule has 0 spiro atoms. The molecule has 142 valence electrons. The molecule has 6 nitrogen and oxygen atoms in total. The zero-order chi connectivity index (χ0) is 19.3. The first kappa shape index (κ1) is 18.0. The molecule has 1 aliphatic heterocycles. The molecule has 3 aromatic rings. The van der Waals surface area contributed by atoms with Crippen LogP contribution in [0.4, 0.5) is 15.3 Å². The number of amides is 2. The van der Waals surface area contributed by atoms with E-state index in [-0.39, 0.29) is 0 Å². The summed E-state index contributed by atoms with van der Waals surface area (Å²) in [7, 11) is 0. The second-order valence-corrected chi connectivity index (χ2v) is 6.77. The molecule has 2 amide bonds. The van der Waals surface area contributed by atoms with Gasteiger partial charge in [0.15, 0.2) is 0 Å². The van der Waals surface area contributed by atoms with Crippen molar-refractivity contribution in [2.75, 3.05) is 18.4 Å². The van der Waals surface area contributed by atoms with E-state index in [1.165, 1.54) is 0 Å². The largest absolute Gasteiger partial charge is 0.420 e. The Hall–Kier alpha value is -3.41. The summed E-state index contributed by atoms with van der Waals surface area (Å²) < 4.78 is 4.97. The van der Waals surface area contributed by atoms with Gasteiger partial charge in [0.05, 0.1) is 16.9 Å². The van der Waals surface area contributed by atoms with E-state index in [0.29, 0.717) is 24.3 Å². The van der Waals surface area contributed by atoms with Crippen LogP contribution in [0, 0.1) is 0 Å². The summed E-state index contributed by atoms with van der Waals surface area (Å²) in [6.07, 6.45) is 1.57. The maximum Gasteiger partial charge on any atom is 0.420 e. The van der Waals surface area contributed by atoms with E-state index in [4.69, 9.17) is 9.72 Å². The summed E-state index contributed by atoms with van der Waals surface area (Å²) in [5.41, 5.74) is 2.94. The van der Waals surface area contributed by atoms with E-state index in [9.17, 15) is 9.59 Å². The number of para-hydroxylation sites is 1. The fraction of sp³-hybridized carbons (Fsp3) is 0.227. The second kappa shape index (κ2) is 8.08. The Kier molecular flexibility index (Phi) is 5.19. The molecule has 4 rings (SSSR count). The third kappa shape index (κ3) is 3.96. The number of fused-ring (bicyclic) bond motifs is 1. The number of benzene rings is 2. The summed E-state index contributed by atoms with van der Waals surface area (Å²) in [4.78, 5) is 30.7. The number of rotatable bonds is 2. The van der Waals surface area contributed by atoms with Gasteiger partial charge in [0.1, 0.15) is 0 Å². The Morgan fingerprint density at radius 1 is 0.893 bits per heavy atom. The van der Waals surface area contributed by atoms with Gasteiger partial charge in [-0.2, -0.15) is 0 Å². The normalized spacial score (nSPS) is 13.9. The molecule has 0 saturated carbocycles. The molecular weight excluding hydrogens is 354 g/mol. The zero-order valence-electron chi connectivity index (χ0n) is 15.4. The lowest BCUT2D eigenvalue weighted by molar-refractivity contribution is 0.117. The van der Waals surface area contributed by atoms with Crippen LogP contribution in [0.3, 0.4) is 0 Å². The predicted molar refractivity (Wildman–Crippen MR) is 108 cm³/mol. The van der Waals surface area contributed by atoms with Crippen LogP contribution in [0.2, 0.25) is 0 Å². The van der Waals surface area contributed by atoms with Gasteiger partial charge in [-0.1, -0.05) is 48.5 Å². The van der Waals surface area contributed by atoms with Gasteiger partial charge < -0.3 is 9.64 Å². The van der Waals surface area contributed by atoms with Crippen molar-refractivity contribution in [2.45, 2.75) is 19.3 Å². The molecule has 2 heterocycles. The number of nitrogens with one attached hydrogen (secondary N) is 1. The molecule has 1 fully saturated rings. The van der Waals surface area contributed by atoms with Crippen molar-refractivity contribution in [3.63, 3.8) is 0 Å². The monoisotopic (exact) mass is 375 g/mol. The third-order valence-corrected chi connectivity index (χ3v) is 4.82. The van der Waals surface area contributed by atoms with Gasteiger partial charge in [-0.3, -0.25) is 5.32 Å². The molecule has 0 radical (unpaired) electrons. The SMILES string of the molecule is O=C(Nc1cccc2ccc(-c3ccccc3)nc12)OC(=O)N1CCCCC1. The third-order valence-electron chi connectivity index (χ3n) is 4.82. The van der Waals surface area contributed by atoms with Crippen LogP contribution >= 0.6 is 0 Å². The highest BCUT2D eigenvalue weighted by molar-refractivity contribution is 6.00. The number of piperidine rings is 1. The highest BCUT2D eigenvalue weighted by Gasteiger charge is 2.21. The van der Waals surface area contributed by atoms with Crippen molar-refractivity contribution < 1.29 is 14.3 Å². The average molecular weight is 375 g/mol. The van der Waals surface area contributed by atoms with Crippen LogP contribution in [-0.4, -0.2) is 35.2 Å². The summed E-state index contributed by atoms with van der Waals surface area (Å²) >= 11 is 0. The predicted octanol–water partition coefficient (Wildman–Crippen LogP) is 5.06. The Morgan fingerprint density at radius 3 is 2.46 bits per heavy atom. The van der Waals surface area contributed by atoms with Gasteiger partial charge >= 0.3 is 12.2 Å². The maximum atomic E-state index is 12.3. The minimum absolute atomic E-state index is 0.506. The number of hydrogen-bond donors (Lipinski definition) is 1. The van der Waals surface area contributed by atoms with E-state index < -0.39 is 12.2 Å². The lowest BCUT2D eigenvalue weighted by Crippen LogP contribution is -2.37. The molecule has 6 heteroatoms. The first-order valence-electron chi connectivity index (χ1n) is 9.44. The number of pyridine rings is 1. The van der Waals surface area contributed by atoms with Crippen molar-refractivity contribution in [1.82, 2.24) is 9.88 Å². The van der Waals surface area contributed by atoms with Crippen molar-refractivity contribution in [2.24, 2.45) is 0 Å². The van der Waals surface area contributed by atoms with Crippen molar-refractivity contribution in [3.8, 4) is 11.3 Å². The Labute approximate surface area is 163 Å². The van der Waals surface area contributed by atoms with E-state index in [1.807, 2.05) is 54.6 Å². The van der Waals surface area contributed by atoms with Crippen molar-refractivity contribution in [1.29, 1.82) is 0 Å². The van der Waals surface area contributed by atoms with Gasteiger partial charge in [-0.25, -0.2) is 14.6 Å². The standard InChI is InChI=1S/C22H21N3O3/c26-21(28-22(27)25-14-5-2-6-15-25)24-19-11-7-10-17-12-13-18(23-20(17)19)16-8-3-1-4-9-16/h1,3-4,7-13H,2,5-6,14-15H2,(H,24,26). The van der Waals surface area contributed by atoms with Crippen LogP contribution in [0.15, 0.2) is 60.7 Å². The van der Waals surface area contributed by atoms with E-state index in [0.717, 1.165) is 35.9 Å². The number of carbonyl (C=O) groups is 2. The first-order chi connectivity index (χ1) is 13.7. The summed E-state index contributed by atoms with van der Waals surface area (Å²) in [5.74, 6) is 0. The number of hydrogen-bond acceptors (Lipinski definition) is 4. The molecule has 28 heavy (non-hydrogen) atoms. The van der Waals surface area contributed by atoms with Crippen molar-refractivity contribution >= 4 is 28.8 Å². The topological polar surface area (TPSA) is 71.5 Å². The number of likely N-dealkylation sites (tertiary alicyclic amines) is 1. The smallest absolute Gasteiger partial charge is 0.359 e. The lowest BCUT2D eigenvalue weighted by Gasteiger charge is -2.25. The first-order valence-corrected chi connectivity index (χ1v) is 9.44. The van der Waals surface area contributed by atoms with Crippen LogP contribution in [0.1, 0.15) is 19.3 Å². The van der Waals surface area contributed by atoms with E-state index in [2.05, 4.69) is 5.32 Å². The number of anilines is 1.